The molecule has 3 atom stereocenters. The summed E-state index contributed by atoms with van der Waals surface area (Å²) >= 11 is 1.86. The molecule has 14 heteroatoms. The molecule has 0 unspecified atom stereocenters. The van der Waals surface area contributed by atoms with E-state index in [2.05, 4.69) is 4.98 Å². The lowest BCUT2D eigenvalue weighted by Gasteiger charge is -2.30. The summed E-state index contributed by atoms with van der Waals surface area (Å²) in [4.78, 5) is 57.4. The van der Waals surface area contributed by atoms with Crippen molar-refractivity contribution < 1.29 is 37.0 Å². The number of anilines is 1. The lowest BCUT2D eigenvalue weighted by molar-refractivity contribution is -0.138. The van der Waals surface area contributed by atoms with Gasteiger partial charge >= 0.3 is 11.0 Å². The van der Waals surface area contributed by atoms with Crippen LogP contribution in [0.3, 0.4) is 0 Å². The third-order valence-corrected chi connectivity index (χ3v) is 9.62. The van der Waals surface area contributed by atoms with E-state index in [4.69, 9.17) is 9.47 Å². The maximum Gasteiger partial charge on any atom is 0.418 e. The van der Waals surface area contributed by atoms with E-state index in [0.29, 0.717) is 52.4 Å². The van der Waals surface area contributed by atoms with Crippen molar-refractivity contribution in [3.05, 3.63) is 74.2 Å². The standard InChI is InChI=1S/C27H22F3N3O6S2/c28-27(29,30)16-6-1-2-7-17(16)33-24(35)20-19(21-23(31-26(37)41-21)40-22(20)25(33)36)14-4-3-5-15(12-14)39-13-18(34)32-8-10-38-11-9-32/h1-7,12,19-20,22H,8-11,13H2,(H,31,37)/t19-,20-,22+/m0/s1. The number of amides is 3. The van der Waals surface area contributed by atoms with Crippen molar-refractivity contribution in [2.45, 2.75) is 22.4 Å². The molecule has 3 aromatic rings. The fourth-order valence-electron chi connectivity index (χ4n) is 5.37. The molecule has 3 amide bonds. The normalized spacial score (nSPS) is 22.5. The van der Waals surface area contributed by atoms with Gasteiger partial charge in [-0.05, 0) is 29.8 Å². The van der Waals surface area contributed by atoms with Gasteiger partial charge in [0.05, 0.1) is 35.4 Å². The summed E-state index contributed by atoms with van der Waals surface area (Å²) < 4.78 is 52.5. The second-order valence-corrected chi connectivity index (χ2v) is 11.8. The lowest BCUT2D eigenvalue weighted by Crippen LogP contribution is -2.42. The number of ether oxygens (including phenoxy) is 2. The van der Waals surface area contributed by atoms with Crippen LogP contribution in [0.15, 0.2) is 58.4 Å². The number of halogens is 3. The number of benzene rings is 2. The van der Waals surface area contributed by atoms with Gasteiger partial charge in [0.1, 0.15) is 11.0 Å². The fraction of sp³-hybridized carbons (Fsp3) is 0.333. The van der Waals surface area contributed by atoms with E-state index in [1.54, 1.807) is 29.2 Å². The molecule has 2 saturated heterocycles. The number of thioether (sulfide) groups is 1. The molecule has 214 valence electrons. The van der Waals surface area contributed by atoms with Crippen molar-refractivity contribution in [1.29, 1.82) is 0 Å². The van der Waals surface area contributed by atoms with Crippen LogP contribution >= 0.6 is 23.1 Å². The van der Waals surface area contributed by atoms with Crippen molar-refractivity contribution in [1.82, 2.24) is 9.88 Å². The molecule has 0 aliphatic carbocycles. The van der Waals surface area contributed by atoms with Crippen molar-refractivity contribution in [2.75, 3.05) is 37.8 Å². The number of carbonyl (C=O) groups is 3. The zero-order chi connectivity index (χ0) is 28.9. The Hall–Kier alpha value is -3.62. The minimum atomic E-state index is -4.79. The van der Waals surface area contributed by atoms with E-state index >= 15 is 0 Å². The monoisotopic (exact) mass is 605 g/mol. The van der Waals surface area contributed by atoms with E-state index in [1.165, 1.54) is 12.1 Å². The maximum absolute atomic E-state index is 13.9. The van der Waals surface area contributed by atoms with Gasteiger partial charge in [-0.25, -0.2) is 4.90 Å². The van der Waals surface area contributed by atoms with Gasteiger partial charge in [0.2, 0.25) is 11.8 Å². The zero-order valence-electron chi connectivity index (χ0n) is 21.2. The first kappa shape index (κ1) is 27.5. The maximum atomic E-state index is 13.9. The van der Waals surface area contributed by atoms with Crippen LogP contribution in [0.1, 0.15) is 21.9 Å². The van der Waals surface area contributed by atoms with Crippen LogP contribution in [0, 0.1) is 5.92 Å². The first-order chi connectivity index (χ1) is 19.6. The van der Waals surface area contributed by atoms with Crippen LogP contribution in [-0.2, 0) is 25.3 Å². The molecule has 0 spiro atoms. The molecular weight excluding hydrogens is 583 g/mol. The molecular formula is C27H22F3N3O6S2. The third kappa shape index (κ3) is 5.04. The van der Waals surface area contributed by atoms with Crippen LogP contribution < -0.4 is 14.5 Å². The van der Waals surface area contributed by atoms with Gasteiger partial charge in [0.25, 0.3) is 5.91 Å². The van der Waals surface area contributed by atoms with E-state index in [0.717, 1.165) is 35.2 Å². The second kappa shape index (κ2) is 10.7. The number of aromatic nitrogens is 1. The molecule has 0 saturated carbocycles. The Kier molecular flexibility index (Phi) is 7.16. The third-order valence-electron chi connectivity index (χ3n) is 7.22. The molecule has 4 heterocycles. The van der Waals surface area contributed by atoms with Gasteiger partial charge in [0, 0.05) is 23.9 Å². The summed E-state index contributed by atoms with van der Waals surface area (Å²) in [5.74, 6) is -3.33. The van der Waals surface area contributed by atoms with Gasteiger partial charge in [-0.2, -0.15) is 13.2 Å². The van der Waals surface area contributed by atoms with Gasteiger partial charge in [-0.1, -0.05) is 47.4 Å². The number of alkyl halides is 3. The molecule has 3 aliphatic heterocycles. The topological polar surface area (TPSA) is 109 Å². The first-order valence-corrected chi connectivity index (χ1v) is 14.3. The molecule has 1 N–H and O–H groups in total. The highest BCUT2D eigenvalue weighted by Gasteiger charge is 2.57. The Morgan fingerprint density at radius 2 is 1.80 bits per heavy atom. The fourth-order valence-corrected chi connectivity index (χ4v) is 7.88. The number of rotatable bonds is 5. The van der Waals surface area contributed by atoms with Crippen LogP contribution in [0.4, 0.5) is 18.9 Å². The molecule has 0 bridgehead atoms. The number of morpholine rings is 1. The predicted molar refractivity (Wildman–Crippen MR) is 143 cm³/mol. The number of thiazole rings is 1. The summed E-state index contributed by atoms with van der Waals surface area (Å²) in [5.41, 5.74) is -1.09. The predicted octanol–water partition coefficient (Wildman–Crippen LogP) is 3.49. The lowest BCUT2D eigenvalue weighted by atomic mass is 9.83. The van der Waals surface area contributed by atoms with E-state index < -0.39 is 46.3 Å². The molecule has 2 fully saturated rings. The molecule has 1 aromatic heterocycles. The van der Waals surface area contributed by atoms with Crippen molar-refractivity contribution >= 4 is 46.5 Å². The van der Waals surface area contributed by atoms with Crippen LogP contribution in [0.25, 0.3) is 0 Å². The van der Waals surface area contributed by atoms with Crippen LogP contribution in [0.5, 0.6) is 5.75 Å². The average Bonchev–Trinajstić information content (AvgIpc) is 3.45. The Morgan fingerprint density at radius 3 is 2.56 bits per heavy atom. The smallest absolute Gasteiger partial charge is 0.418 e. The number of nitrogens with one attached hydrogen (secondary N) is 1. The Balaban J connectivity index is 1.34. The summed E-state index contributed by atoms with van der Waals surface area (Å²) in [6, 6.07) is 11.1. The number of carbonyl (C=O) groups excluding carboxylic acids is 3. The Labute approximate surface area is 239 Å². The number of hydrogen-bond donors (Lipinski definition) is 1. The zero-order valence-corrected chi connectivity index (χ0v) is 22.8. The Morgan fingerprint density at radius 1 is 1.05 bits per heavy atom. The summed E-state index contributed by atoms with van der Waals surface area (Å²) in [7, 11) is 0. The SMILES string of the molecule is O=C(COc1cccc([C@@H]2c3sc(=O)[nH]c3S[C@H]3C(=O)N(c4ccccc4C(F)(F)F)C(=O)[C@@H]23)c1)N1CCOCC1. The number of para-hydroxylation sites is 1. The van der Waals surface area contributed by atoms with Crippen molar-refractivity contribution in [3.63, 3.8) is 0 Å². The van der Waals surface area contributed by atoms with Crippen LogP contribution in [-0.4, -0.2) is 65.8 Å². The molecule has 0 radical (unpaired) electrons. The number of imide groups is 1. The second-order valence-electron chi connectivity index (χ2n) is 9.63. The highest BCUT2D eigenvalue weighted by Crippen LogP contribution is 2.54. The highest BCUT2D eigenvalue weighted by molar-refractivity contribution is 8.00. The number of H-pyrrole nitrogens is 1. The summed E-state index contributed by atoms with van der Waals surface area (Å²) in [6.45, 7) is 1.60. The van der Waals surface area contributed by atoms with Crippen molar-refractivity contribution in [2.24, 2.45) is 5.92 Å². The summed E-state index contributed by atoms with van der Waals surface area (Å²) in [6.07, 6.45) is -4.79. The number of nitrogens with zero attached hydrogens (tertiary/aromatic N) is 2. The number of fused-ring (bicyclic) bond motifs is 2. The van der Waals surface area contributed by atoms with Gasteiger partial charge < -0.3 is 19.4 Å². The highest BCUT2D eigenvalue weighted by atomic mass is 32.2. The van der Waals surface area contributed by atoms with Gasteiger partial charge in [-0.15, -0.1) is 0 Å². The molecule has 41 heavy (non-hydrogen) atoms. The summed E-state index contributed by atoms with van der Waals surface area (Å²) in [5, 5.41) is -0.661. The minimum absolute atomic E-state index is 0.213. The largest absolute Gasteiger partial charge is 0.484 e. The van der Waals surface area contributed by atoms with Crippen molar-refractivity contribution in [3.8, 4) is 5.75 Å². The number of hydrogen-bond acceptors (Lipinski definition) is 8. The van der Waals surface area contributed by atoms with E-state index in [1.807, 2.05) is 0 Å². The Bertz CT molecular complexity index is 1580. The first-order valence-electron chi connectivity index (χ1n) is 12.7. The molecule has 3 aliphatic rings. The molecule has 2 aromatic carbocycles. The minimum Gasteiger partial charge on any atom is -0.484 e. The quantitative estimate of drug-likeness (QED) is 0.444. The van der Waals surface area contributed by atoms with Crippen LogP contribution in [0.2, 0.25) is 0 Å². The molecule has 6 rings (SSSR count). The molecule has 9 nitrogen and oxygen atoms in total. The average molecular weight is 606 g/mol. The van der Waals surface area contributed by atoms with E-state index in [-0.39, 0.29) is 17.4 Å². The van der Waals surface area contributed by atoms with E-state index in [9.17, 15) is 32.3 Å². The van der Waals surface area contributed by atoms with Gasteiger partial charge in [-0.3, -0.25) is 19.2 Å². The van der Waals surface area contributed by atoms with Gasteiger partial charge in [0.15, 0.2) is 6.61 Å². The number of aromatic amines is 1.